The minimum Gasteiger partial charge on any atom is -0.377 e. The van der Waals surface area contributed by atoms with E-state index in [1.54, 1.807) is 0 Å². The van der Waals surface area contributed by atoms with Crippen molar-refractivity contribution in [2.75, 3.05) is 46.0 Å². The molecule has 2 saturated heterocycles. The van der Waals surface area contributed by atoms with Crippen LogP contribution < -0.4 is 5.32 Å². The molecule has 0 saturated carbocycles. The van der Waals surface area contributed by atoms with Crippen molar-refractivity contribution in [3.63, 3.8) is 0 Å². The van der Waals surface area contributed by atoms with Crippen LogP contribution in [0.1, 0.15) is 12.8 Å². The number of amides is 1. The second kappa shape index (κ2) is 6.28. The van der Waals surface area contributed by atoms with E-state index in [-0.39, 0.29) is 6.54 Å². The van der Waals surface area contributed by atoms with Crippen molar-refractivity contribution in [1.29, 1.82) is 0 Å². The lowest BCUT2D eigenvalue weighted by molar-refractivity contribution is -0.165. The molecule has 116 valence electrons. The van der Waals surface area contributed by atoms with Crippen molar-refractivity contribution < 1.29 is 27.4 Å². The highest BCUT2D eigenvalue weighted by atomic mass is 19.4. The molecule has 2 aliphatic rings. The summed E-state index contributed by atoms with van der Waals surface area (Å²) in [6.07, 6.45) is -5.88. The average molecular weight is 296 g/mol. The molecule has 1 N–H and O–H groups in total. The zero-order chi connectivity index (χ0) is 14.6. The Bertz CT molecular complexity index is 341. The molecule has 2 heterocycles. The van der Waals surface area contributed by atoms with E-state index in [0.717, 1.165) is 0 Å². The van der Waals surface area contributed by atoms with Crippen molar-refractivity contribution in [2.24, 2.45) is 0 Å². The van der Waals surface area contributed by atoms with Crippen LogP contribution in [-0.4, -0.2) is 68.6 Å². The number of halogens is 3. The molecule has 0 aromatic carbocycles. The van der Waals surface area contributed by atoms with Gasteiger partial charge in [-0.15, -0.1) is 0 Å². The van der Waals surface area contributed by atoms with E-state index in [1.165, 1.54) is 4.90 Å². The van der Waals surface area contributed by atoms with Crippen LogP contribution in [0.2, 0.25) is 0 Å². The van der Waals surface area contributed by atoms with Crippen LogP contribution in [0, 0.1) is 0 Å². The van der Waals surface area contributed by atoms with E-state index in [1.807, 2.05) is 0 Å². The largest absolute Gasteiger partial charge is 0.389 e. The van der Waals surface area contributed by atoms with E-state index in [9.17, 15) is 18.0 Å². The molecular weight excluding hydrogens is 277 g/mol. The Balaban J connectivity index is 1.90. The first-order valence-corrected chi connectivity index (χ1v) is 6.67. The van der Waals surface area contributed by atoms with E-state index in [4.69, 9.17) is 9.47 Å². The van der Waals surface area contributed by atoms with Crippen LogP contribution in [0.15, 0.2) is 0 Å². The minimum atomic E-state index is -4.30. The second-order valence-electron chi connectivity index (χ2n) is 5.19. The Morgan fingerprint density at radius 1 is 1.35 bits per heavy atom. The molecule has 1 atom stereocenters. The van der Waals surface area contributed by atoms with Gasteiger partial charge in [0.15, 0.2) is 0 Å². The number of alkyl halides is 3. The fourth-order valence-corrected chi connectivity index (χ4v) is 2.43. The van der Waals surface area contributed by atoms with Gasteiger partial charge in [0.2, 0.25) is 5.91 Å². The molecular formula is C12H19F3N2O3. The number of morpholine rings is 1. The Morgan fingerprint density at radius 3 is 2.90 bits per heavy atom. The molecule has 0 aromatic rings. The molecule has 20 heavy (non-hydrogen) atoms. The lowest BCUT2D eigenvalue weighted by Gasteiger charge is -2.41. The molecule has 5 nitrogen and oxygen atoms in total. The molecule has 1 spiro atoms. The van der Waals surface area contributed by atoms with Gasteiger partial charge in [-0.2, -0.15) is 13.2 Å². The van der Waals surface area contributed by atoms with Crippen LogP contribution in [0.3, 0.4) is 0 Å². The van der Waals surface area contributed by atoms with Gasteiger partial charge < -0.3 is 19.7 Å². The van der Waals surface area contributed by atoms with Gasteiger partial charge in [0.25, 0.3) is 0 Å². The van der Waals surface area contributed by atoms with Gasteiger partial charge in [0.05, 0.1) is 32.8 Å². The normalized spacial score (nSPS) is 28.4. The van der Waals surface area contributed by atoms with Gasteiger partial charge in [-0.3, -0.25) is 4.79 Å². The molecule has 0 aromatic heterocycles. The maximum atomic E-state index is 12.2. The predicted octanol–water partition coefficient (Wildman–Crippen LogP) is 0.546. The first kappa shape index (κ1) is 15.5. The third-order valence-electron chi connectivity index (χ3n) is 3.46. The Morgan fingerprint density at radius 2 is 2.15 bits per heavy atom. The monoisotopic (exact) mass is 296 g/mol. The predicted molar refractivity (Wildman–Crippen MR) is 64.2 cm³/mol. The van der Waals surface area contributed by atoms with Gasteiger partial charge in [-0.1, -0.05) is 0 Å². The fraction of sp³-hybridized carbons (Fsp3) is 0.917. The molecule has 0 aliphatic carbocycles. The quantitative estimate of drug-likeness (QED) is 0.808. The van der Waals surface area contributed by atoms with Crippen molar-refractivity contribution in [1.82, 2.24) is 10.2 Å². The Hall–Kier alpha value is -0.860. The third kappa shape index (κ3) is 4.32. The molecule has 2 rings (SSSR count). The molecule has 1 amide bonds. The van der Waals surface area contributed by atoms with Gasteiger partial charge in [0, 0.05) is 26.1 Å². The van der Waals surface area contributed by atoms with E-state index in [0.29, 0.717) is 39.5 Å². The summed E-state index contributed by atoms with van der Waals surface area (Å²) >= 11 is 0. The maximum absolute atomic E-state index is 12.2. The fourth-order valence-electron chi connectivity index (χ4n) is 2.43. The summed E-state index contributed by atoms with van der Waals surface area (Å²) in [7, 11) is 0. The number of hydrogen-bond acceptors (Lipinski definition) is 4. The Labute approximate surface area is 115 Å². The number of ether oxygens (including phenoxy) is 2. The van der Waals surface area contributed by atoms with Gasteiger partial charge >= 0.3 is 6.18 Å². The highest BCUT2D eigenvalue weighted by Crippen LogP contribution is 2.24. The minimum absolute atomic E-state index is 0.274. The number of carbonyl (C=O) groups excluding carboxylic acids is 1. The second-order valence-corrected chi connectivity index (χ2v) is 5.19. The van der Waals surface area contributed by atoms with Gasteiger partial charge in [-0.25, -0.2) is 0 Å². The van der Waals surface area contributed by atoms with Crippen LogP contribution in [-0.2, 0) is 14.3 Å². The molecule has 0 unspecified atom stereocenters. The summed E-state index contributed by atoms with van der Waals surface area (Å²) in [5.41, 5.74) is -0.636. The van der Waals surface area contributed by atoms with E-state index in [2.05, 4.69) is 5.32 Å². The standard InChI is InChI=1S/C12H19F3N2O3/c13-12(14,15)2-1-10(18)17-4-6-20-11(8-17)7-16-3-5-19-9-11/h16H,1-9H2/t11-/m1/s1. The van der Waals surface area contributed by atoms with Crippen LogP contribution in [0.5, 0.6) is 0 Å². The maximum Gasteiger partial charge on any atom is 0.389 e. The molecule has 0 bridgehead atoms. The summed E-state index contributed by atoms with van der Waals surface area (Å²) < 4.78 is 47.6. The van der Waals surface area contributed by atoms with E-state index < -0.39 is 30.5 Å². The topological polar surface area (TPSA) is 50.8 Å². The Kier molecular flexibility index (Phi) is 4.87. The number of hydrogen-bond donors (Lipinski definition) is 1. The van der Waals surface area contributed by atoms with Gasteiger partial charge in [-0.05, 0) is 0 Å². The SMILES string of the molecule is O=C(CCC(F)(F)F)N1CCO[C@]2(CNCCOC2)C1. The highest BCUT2D eigenvalue weighted by Gasteiger charge is 2.40. The summed E-state index contributed by atoms with van der Waals surface area (Å²) in [4.78, 5) is 13.3. The van der Waals surface area contributed by atoms with Crippen LogP contribution >= 0.6 is 0 Å². The van der Waals surface area contributed by atoms with Gasteiger partial charge in [0.1, 0.15) is 5.60 Å². The zero-order valence-electron chi connectivity index (χ0n) is 11.2. The van der Waals surface area contributed by atoms with Crippen molar-refractivity contribution in [3.05, 3.63) is 0 Å². The smallest absolute Gasteiger partial charge is 0.377 e. The number of rotatable bonds is 2. The van der Waals surface area contributed by atoms with E-state index >= 15 is 0 Å². The summed E-state index contributed by atoms with van der Waals surface area (Å²) in [5, 5.41) is 3.16. The molecule has 0 radical (unpaired) electrons. The highest BCUT2D eigenvalue weighted by molar-refractivity contribution is 5.76. The molecule has 2 aliphatic heterocycles. The van der Waals surface area contributed by atoms with Crippen molar-refractivity contribution in [2.45, 2.75) is 24.6 Å². The van der Waals surface area contributed by atoms with Crippen LogP contribution in [0.25, 0.3) is 0 Å². The lowest BCUT2D eigenvalue weighted by Crippen LogP contribution is -2.59. The summed E-state index contributed by atoms with van der Waals surface area (Å²) in [6.45, 7) is 3.08. The number of carbonyl (C=O) groups is 1. The lowest BCUT2D eigenvalue weighted by atomic mass is 10.0. The van der Waals surface area contributed by atoms with Crippen molar-refractivity contribution >= 4 is 5.91 Å². The summed E-state index contributed by atoms with van der Waals surface area (Å²) in [6, 6.07) is 0. The zero-order valence-corrected chi connectivity index (χ0v) is 11.2. The molecule has 8 heteroatoms. The third-order valence-corrected chi connectivity index (χ3v) is 3.46. The van der Waals surface area contributed by atoms with Crippen molar-refractivity contribution in [3.8, 4) is 0 Å². The molecule has 2 fully saturated rings. The first-order valence-electron chi connectivity index (χ1n) is 6.67. The number of nitrogens with zero attached hydrogens (tertiary/aromatic N) is 1. The average Bonchev–Trinajstić information content (AvgIpc) is 2.61. The summed E-state index contributed by atoms with van der Waals surface area (Å²) in [5.74, 6) is -0.478. The van der Waals surface area contributed by atoms with Crippen LogP contribution in [0.4, 0.5) is 13.2 Å². The number of nitrogens with one attached hydrogen (secondary N) is 1. The first-order chi connectivity index (χ1) is 9.40.